The van der Waals surface area contributed by atoms with Crippen LogP contribution in [0.2, 0.25) is 0 Å². The monoisotopic (exact) mass is 225 g/mol. The zero-order valence-electron chi connectivity index (χ0n) is 9.99. The molecular formula is C13H23NO2. The number of nitrogens with two attached hydrogens (primary N) is 1. The molecule has 0 saturated carbocycles. The van der Waals surface area contributed by atoms with Gasteiger partial charge in [0.2, 0.25) is 0 Å². The molecule has 3 rings (SSSR count). The van der Waals surface area contributed by atoms with Crippen molar-refractivity contribution in [2.75, 3.05) is 13.2 Å². The lowest BCUT2D eigenvalue weighted by Crippen LogP contribution is -2.40. The molecule has 0 aromatic rings. The highest BCUT2D eigenvalue weighted by atomic mass is 16.5. The second-order valence-corrected chi connectivity index (χ2v) is 5.77. The van der Waals surface area contributed by atoms with E-state index in [0.717, 1.165) is 13.2 Å². The molecule has 3 aliphatic heterocycles. The summed E-state index contributed by atoms with van der Waals surface area (Å²) in [5.41, 5.74) is 6.31. The molecule has 0 aromatic carbocycles. The maximum absolute atomic E-state index is 6.02. The molecule has 2 N–H and O–H groups in total. The Hall–Kier alpha value is -0.120. The quantitative estimate of drug-likeness (QED) is 0.794. The van der Waals surface area contributed by atoms with E-state index in [-0.39, 0.29) is 5.41 Å². The topological polar surface area (TPSA) is 44.5 Å². The van der Waals surface area contributed by atoms with Crippen LogP contribution in [0.1, 0.15) is 44.9 Å². The Morgan fingerprint density at radius 2 is 2.19 bits per heavy atom. The summed E-state index contributed by atoms with van der Waals surface area (Å²) in [5.74, 6) is 0. The first kappa shape index (κ1) is 11.0. The Bertz CT molecular complexity index is 252. The molecular weight excluding hydrogens is 202 g/mol. The van der Waals surface area contributed by atoms with Gasteiger partial charge in [0, 0.05) is 18.6 Å². The SMILES string of the molecule is NCC1(CCC2CCCO2)CC2CCC1O2. The maximum Gasteiger partial charge on any atom is 0.0649 e. The molecule has 3 fully saturated rings. The highest BCUT2D eigenvalue weighted by molar-refractivity contribution is 5.01. The molecule has 0 amide bonds. The number of ether oxygens (including phenoxy) is 2. The summed E-state index contributed by atoms with van der Waals surface area (Å²) in [6, 6.07) is 0. The second kappa shape index (κ2) is 4.28. The number of hydrogen-bond donors (Lipinski definition) is 1. The van der Waals surface area contributed by atoms with Crippen LogP contribution < -0.4 is 5.73 Å². The molecule has 0 aliphatic carbocycles. The molecule has 4 atom stereocenters. The van der Waals surface area contributed by atoms with Gasteiger partial charge in [0.1, 0.15) is 0 Å². The van der Waals surface area contributed by atoms with Crippen molar-refractivity contribution in [3.8, 4) is 0 Å². The summed E-state index contributed by atoms with van der Waals surface area (Å²) >= 11 is 0. The van der Waals surface area contributed by atoms with Crippen LogP contribution in [-0.4, -0.2) is 31.5 Å². The standard InChI is InChI=1S/C13H23NO2/c14-9-13(6-5-10-2-1-7-15-10)8-11-3-4-12(13)16-11/h10-12H,1-9,14H2. The van der Waals surface area contributed by atoms with E-state index < -0.39 is 0 Å². The average molecular weight is 225 g/mol. The van der Waals surface area contributed by atoms with Crippen molar-refractivity contribution in [2.45, 2.75) is 63.3 Å². The fraction of sp³-hybridized carbons (Fsp3) is 1.00. The van der Waals surface area contributed by atoms with Gasteiger partial charge in [-0.15, -0.1) is 0 Å². The first-order chi connectivity index (χ1) is 7.82. The number of rotatable bonds is 4. The largest absolute Gasteiger partial charge is 0.378 e. The van der Waals surface area contributed by atoms with E-state index in [9.17, 15) is 0 Å². The number of hydrogen-bond acceptors (Lipinski definition) is 3. The highest BCUT2D eigenvalue weighted by Gasteiger charge is 2.51. The van der Waals surface area contributed by atoms with E-state index >= 15 is 0 Å². The van der Waals surface area contributed by atoms with Crippen LogP contribution in [0.3, 0.4) is 0 Å². The maximum atomic E-state index is 6.02. The van der Waals surface area contributed by atoms with Crippen molar-refractivity contribution >= 4 is 0 Å². The molecule has 3 saturated heterocycles. The van der Waals surface area contributed by atoms with Crippen molar-refractivity contribution in [3.05, 3.63) is 0 Å². The lowest BCUT2D eigenvalue weighted by molar-refractivity contribution is 0.0439. The van der Waals surface area contributed by atoms with E-state index in [1.807, 2.05) is 0 Å². The minimum absolute atomic E-state index is 0.287. The van der Waals surface area contributed by atoms with Crippen LogP contribution >= 0.6 is 0 Å². The van der Waals surface area contributed by atoms with Gasteiger partial charge in [-0.1, -0.05) is 0 Å². The predicted molar refractivity (Wildman–Crippen MR) is 62.2 cm³/mol. The molecule has 92 valence electrons. The first-order valence-corrected chi connectivity index (χ1v) is 6.79. The van der Waals surface area contributed by atoms with E-state index in [2.05, 4.69) is 0 Å². The zero-order valence-corrected chi connectivity index (χ0v) is 9.99. The first-order valence-electron chi connectivity index (χ1n) is 6.79. The van der Waals surface area contributed by atoms with Gasteiger partial charge >= 0.3 is 0 Å². The van der Waals surface area contributed by atoms with E-state index in [0.29, 0.717) is 18.3 Å². The summed E-state index contributed by atoms with van der Waals surface area (Å²) < 4.78 is 11.7. The third-order valence-electron chi connectivity index (χ3n) is 4.82. The van der Waals surface area contributed by atoms with Gasteiger partial charge in [-0.25, -0.2) is 0 Å². The fourth-order valence-corrected chi connectivity index (χ4v) is 3.79. The zero-order chi connectivity index (χ0) is 11.0. The minimum Gasteiger partial charge on any atom is -0.378 e. The summed E-state index contributed by atoms with van der Waals surface area (Å²) in [4.78, 5) is 0. The van der Waals surface area contributed by atoms with Gasteiger partial charge in [-0.05, 0) is 44.9 Å². The minimum atomic E-state index is 0.287. The molecule has 0 aromatic heterocycles. The molecule has 16 heavy (non-hydrogen) atoms. The Labute approximate surface area is 97.7 Å². The Morgan fingerprint density at radius 1 is 1.25 bits per heavy atom. The van der Waals surface area contributed by atoms with Gasteiger partial charge in [0.15, 0.2) is 0 Å². The molecule has 3 heterocycles. The molecule has 3 nitrogen and oxygen atoms in total. The lowest BCUT2D eigenvalue weighted by Gasteiger charge is -2.34. The molecule has 3 aliphatic rings. The van der Waals surface area contributed by atoms with E-state index in [1.54, 1.807) is 0 Å². The van der Waals surface area contributed by atoms with Crippen LogP contribution in [0.15, 0.2) is 0 Å². The summed E-state index contributed by atoms with van der Waals surface area (Å²) in [6.45, 7) is 1.75. The van der Waals surface area contributed by atoms with E-state index in [4.69, 9.17) is 15.2 Å². The highest BCUT2D eigenvalue weighted by Crippen LogP contribution is 2.50. The Balaban J connectivity index is 1.58. The van der Waals surface area contributed by atoms with Crippen LogP contribution in [0.25, 0.3) is 0 Å². The summed E-state index contributed by atoms with van der Waals surface area (Å²) in [5, 5.41) is 0. The van der Waals surface area contributed by atoms with Gasteiger partial charge in [-0.3, -0.25) is 0 Å². The van der Waals surface area contributed by atoms with E-state index in [1.165, 1.54) is 44.9 Å². The lowest BCUT2D eigenvalue weighted by atomic mass is 9.70. The summed E-state index contributed by atoms with van der Waals surface area (Å²) in [6.07, 6.45) is 10.0. The number of fused-ring (bicyclic) bond motifs is 2. The van der Waals surface area contributed by atoms with Crippen LogP contribution in [0.4, 0.5) is 0 Å². The van der Waals surface area contributed by atoms with Crippen molar-refractivity contribution in [1.29, 1.82) is 0 Å². The van der Waals surface area contributed by atoms with Gasteiger partial charge in [0.25, 0.3) is 0 Å². The molecule has 2 bridgehead atoms. The van der Waals surface area contributed by atoms with Crippen molar-refractivity contribution in [1.82, 2.24) is 0 Å². The predicted octanol–water partition coefficient (Wildman–Crippen LogP) is 1.84. The third-order valence-corrected chi connectivity index (χ3v) is 4.82. The third kappa shape index (κ3) is 1.79. The van der Waals surface area contributed by atoms with Crippen molar-refractivity contribution < 1.29 is 9.47 Å². The van der Waals surface area contributed by atoms with Crippen molar-refractivity contribution in [2.24, 2.45) is 11.1 Å². The Kier molecular flexibility index (Phi) is 2.94. The average Bonchev–Trinajstić information content (AvgIpc) is 3.02. The van der Waals surface area contributed by atoms with Crippen LogP contribution in [0.5, 0.6) is 0 Å². The summed E-state index contributed by atoms with van der Waals surface area (Å²) in [7, 11) is 0. The normalized spacial score (nSPS) is 46.7. The molecule has 0 radical (unpaired) electrons. The smallest absolute Gasteiger partial charge is 0.0649 e. The molecule has 0 spiro atoms. The van der Waals surface area contributed by atoms with Crippen LogP contribution in [0, 0.1) is 5.41 Å². The molecule has 4 unspecified atom stereocenters. The van der Waals surface area contributed by atoms with Crippen LogP contribution in [-0.2, 0) is 9.47 Å². The fourth-order valence-electron chi connectivity index (χ4n) is 3.79. The second-order valence-electron chi connectivity index (χ2n) is 5.77. The van der Waals surface area contributed by atoms with Gasteiger partial charge in [0.05, 0.1) is 18.3 Å². The van der Waals surface area contributed by atoms with Crippen molar-refractivity contribution in [3.63, 3.8) is 0 Å². The van der Waals surface area contributed by atoms with Gasteiger partial charge < -0.3 is 15.2 Å². The Morgan fingerprint density at radius 3 is 2.75 bits per heavy atom. The van der Waals surface area contributed by atoms with Gasteiger partial charge in [-0.2, -0.15) is 0 Å². The molecule has 3 heteroatoms.